The summed E-state index contributed by atoms with van der Waals surface area (Å²) in [4.78, 5) is 7.21. The van der Waals surface area contributed by atoms with Gasteiger partial charge in [0.25, 0.3) is 0 Å². The second-order valence-electron chi connectivity index (χ2n) is 7.59. The zero-order valence-corrected chi connectivity index (χ0v) is 20.5. The molecule has 0 aliphatic carbocycles. The Morgan fingerprint density at radius 1 is 1.33 bits per heavy atom. The van der Waals surface area contributed by atoms with Crippen molar-refractivity contribution in [2.45, 2.75) is 45.7 Å². The van der Waals surface area contributed by atoms with Crippen molar-refractivity contribution in [2.75, 3.05) is 39.9 Å². The number of aryl methyl sites for hydroxylation is 1. The molecule has 0 radical (unpaired) electrons. The monoisotopic (exact) mass is 532 g/mol. The fourth-order valence-electron chi connectivity index (χ4n) is 3.79. The number of furan rings is 1. The van der Waals surface area contributed by atoms with Crippen LogP contribution in [0.2, 0.25) is 0 Å². The average molecular weight is 532 g/mol. The fraction of sp³-hybridized carbons (Fsp3) is 0.591. The lowest BCUT2D eigenvalue weighted by molar-refractivity contribution is 0.155. The molecule has 168 valence electrons. The molecule has 0 saturated carbocycles. The molecule has 1 fully saturated rings. The minimum Gasteiger partial charge on any atom is -0.459 e. The number of rotatable bonds is 8. The van der Waals surface area contributed by atoms with Gasteiger partial charge in [-0.3, -0.25) is 0 Å². The smallest absolute Gasteiger partial charge is 0.191 e. The first kappa shape index (κ1) is 24.9. The van der Waals surface area contributed by atoms with E-state index in [2.05, 4.69) is 22.5 Å². The average Bonchev–Trinajstić information content (AvgIpc) is 3.03. The Balaban J connectivity index is 0.00000320. The van der Waals surface area contributed by atoms with Gasteiger partial charge in [0.05, 0.1) is 0 Å². The lowest BCUT2D eigenvalue weighted by Gasteiger charge is -2.33. The number of halogens is 2. The summed E-state index contributed by atoms with van der Waals surface area (Å²) in [7, 11) is 1.75. The van der Waals surface area contributed by atoms with Crippen LogP contribution in [0.15, 0.2) is 27.6 Å². The van der Waals surface area contributed by atoms with Crippen LogP contribution in [0, 0.1) is 12.7 Å². The molecular weight excluding hydrogens is 498 g/mol. The zero-order valence-electron chi connectivity index (χ0n) is 18.2. The summed E-state index contributed by atoms with van der Waals surface area (Å²) in [5, 5.41) is 7.70. The van der Waals surface area contributed by atoms with Crippen LogP contribution in [0.1, 0.15) is 37.5 Å². The van der Waals surface area contributed by atoms with E-state index >= 15 is 0 Å². The third kappa shape index (κ3) is 6.81. The zero-order chi connectivity index (χ0) is 20.6. The second kappa shape index (κ2) is 12.5. The summed E-state index contributed by atoms with van der Waals surface area (Å²) >= 11 is 0. The van der Waals surface area contributed by atoms with Gasteiger partial charge >= 0.3 is 0 Å². The summed E-state index contributed by atoms with van der Waals surface area (Å²) in [6.45, 7) is 9.34. The third-order valence-electron chi connectivity index (χ3n) is 5.47. The standard InChI is InChI=1S/C22H33FN4O2.HI/c1-4-24-22(26-18-8-11-27(12-9-18)10-5-13-28-3)25-15-21-16(2)19-14-17(23)6-7-20(19)29-21;/h6-7,14,18H,4-5,8-13,15H2,1-3H3,(H2,24,25,26);1H. The molecule has 3 rings (SSSR count). The number of methoxy groups -OCH3 is 1. The predicted octanol–water partition coefficient (Wildman–Crippen LogP) is 4.05. The van der Waals surface area contributed by atoms with Gasteiger partial charge in [-0.25, -0.2) is 9.38 Å². The van der Waals surface area contributed by atoms with Crippen LogP contribution in [0.5, 0.6) is 0 Å². The van der Waals surface area contributed by atoms with Crippen molar-refractivity contribution in [3.63, 3.8) is 0 Å². The lowest BCUT2D eigenvalue weighted by Crippen LogP contribution is -2.48. The van der Waals surface area contributed by atoms with E-state index in [9.17, 15) is 4.39 Å². The number of guanidine groups is 1. The Hall–Kier alpha value is -1.39. The largest absolute Gasteiger partial charge is 0.459 e. The number of fused-ring (bicyclic) bond motifs is 1. The van der Waals surface area contributed by atoms with E-state index in [4.69, 9.17) is 14.1 Å². The van der Waals surface area contributed by atoms with Gasteiger partial charge in [0.1, 0.15) is 23.7 Å². The molecule has 2 aromatic rings. The highest BCUT2D eigenvalue weighted by Gasteiger charge is 2.20. The third-order valence-corrected chi connectivity index (χ3v) is 5.47. The van der Waals surface area contributed by atoms with Gasteiger partial charge in [0.2, 0.25) is 0 Å². The van der Waals surface area contributed by atoms with E-state index in [1.54, 1.807) is 13.2 Å². The first-order chi connectivity index (χ1) is 14.1. The number of aliphatic imine (C=N–C) groups is 1. The van der Waals surface area contributed by atoms with Gasteiger partial charge in [-0.2, -0.15) is 0 Å². The van der Waals surface area contributed by atoms with Gasteiger partial charge in [0, 0.05) is 56.9 Å². The van der Waals surface area contributed by atoms with Crippen molar-refractivity contribution in [1.29, 1.82) is 0 Å². The number of hydrogen-bond donors (Lipinski definition) is 2. The van der Waals surface area contributed by atoms with Crippen molar-refractivity contribution in [1.82, 2.24) is 15.5 Å². The topological polar surface area (TPSA) is 62.0 Å². The highest BCUT2D eigenvalue weighted by atomic mass is 127. The van der Waals surface area contributed by atoms with Gasteiger partial charge in [-0.1, -0.05) is 0 Å². The van der Waals surface area contributed by atoms with Crippen molar-refractivity contribution < 1.29 is 13.5 Å². The number of nitrogens with one attached hydrogen (secondary N) is 2. The quantitative estimate of drug-likeness (QED) is 0.233. The Labute approximate surface area is 195 Å². The van der Waals surface area contributed by atoms with E-state index in [-0.39, 0.29) is 29.8 Å². The number of piperidine rings is 1. The highest BCUT2D eigenvalue weighted by Crippen LogP contribution is 2.26. The van der Waals surface area contributed by atoms with Gasteiger partial charge in [-0.05, 0) is 51.3 Å². The molecule has 0 amide bonds. The number of hydrogen-bond acceptors (Lipinski definition) is 4. The van der Waals surface area contributed by atoms with Crippen LogP contribution in [0.3, 0.4) is 0 Å². The predicted molar refractivity (Wildman–Crippen MR) is 130 cm³/mol. The van der Waals surface area contributed by atoms with Crippen LogP contribution in [0.4, 0.5) is 4.39 Å². The van der Waals surface area contributed by atoms with Crippen molar-refractivity contribution >= 4 is 40.9 Å². The molecule has 1 aliphatic rings. The normalized spacial score (nSPS) is 15.9. The molecule has 1 aliphatic heterocycles. The number of ether oxygens (including phenoxy) is 1. The van der Waals surface area contributed by atoms with Crippen LogP contribution >= 0.6 is 24.0 Å². The molecule has 30 heavy (non-hydrogen) atoms. The fourth-order valence-corrected chi connectivity index (χ4v) is 3.79. The van der Waals surface area contributed by atoms with Gasteiger partial charge in [-0.15, -0.1) is 24.0 Å². The summed E-state index contributed by atoms with van der Waals surface area (Å²) in [5.41, 5.74) is 1.65. The van der Waals surface area contributed by atoms with Crippen LogP contribution in [-0.2, 0) is 11.3 Å². The second-order valence-corrected chi connectivity index (χ2v) is 7.59. The van der Waals surface area contributed by atoms with Crippen LogP contribution in [-0.4, -0.2) is 56.8 Å². The summed E-state index contributed by atoms with van der Waals surface area (Å²) < 4.78 is 24.5. The van der Waals surface area contributed by atoms with Crippen molar-refractivity contribution in [2.24, 2.45) is 4.99 Å². The van der Waals surface area contributed by atoms with E-state index in [0.717, 1.165) is 74.7 Å². The molecule has 6 nitrogen and oxygen atoms in total. The first-order valence-electron chi connectivity index (χ1n) is 10.5. The minimum absolute atomic E-state index is 0. The number of likely N-dealkylation sites (tertiary alicyclic amines) is 1. The molecule has 0 atom stereocenters. The van der Waals surface area contributed by atoms with Gasteiger partial charge < -0.3 is 24.7 Å². The molecule has 0 spiro atoms. The Morgan fingerprint density at radius 3 is 2.80 bits per heavy atom. The van der Waals surface area contributed by atoms with Crippen LogP contribution < -0.4 is 10.6 Å². The maximum atomic E-state index is 13.5. The van der Waals surface area contributed by atoms with E-state index in [1.807, 2.05) is 6.92 Å². The Morgan fingerprint density at radius 2 is 2.10 bits per heavy atom. The molecule has 1 aromatic heterocycles. The van der Waals surface area contributed by atoms with Gasteiger partial charge in [0.15, 0.2) is 5.96 Å². The van der Waals surface area contributed by atoms with E-state index in [1.165, 1.54) is 12.1 Å². The molecular formula is C22H34FIN4O2. The number of benzene rings is 1. The molecule has 1 aromatic carbocycles. The summed E-state index contributed by atoms with van der Waals surface area (Å²) in [5.74, 6) is 1.33. The molecule has 2 heterocycles. The number of nitrogens with zero attached hydrogens (tertiary/aromatic N) is 2. The minimum atomic E-state index is -0.250. The molecule has 0 unspecified atom stereocenters. The Kier molecular flexibility index (Phi) is 10.3. The lowest BCUT2D eigenvalue weighted by atomic mass is 10.1. The SMILES string of the molecule is CCNC(=NCc1oc2ccc(F)cc2c1C)NC1CCN(CCCOC)CC1.I. The summed E-state index contributed by atoms with van der Waals surface area (Å²) in [6.07, 6.45) is 3.28. The van der Waals surface area contributed by atoms with Crippen molar-refractivity contribution in [3.05, 3.63) is 35.3 Å². The summed E-state index contributed by atoms with van der Waals surface area (Å²) in [6, 6.07) is 5.03. The first-order valence-corrected chi connectivity index (χ1v) is 10.5. The molecule has 2 N–H and O–H groups in total. The van der Waals surface area contributed by atoms with E-state index < -0.39 is 0 Å². The Bertz CT molecular complexity index is 819. The van der Waals surface area contributed by atoms with E-state index in [0.29, 0.717) is 18.2 Å². The molecule has 8 heteroatoms. The molecule has 0 bridgehead atoms. The highest BCUT2D eigenvalue weighted by molar-refractivity contribution is 14.0. The maximum absolute atomic E-state index is 13.5. The van der Waals surface area contributed by atoms with Crippen LogP contribution in [0.25, 0.3) is 11.0 Å². The van der Waals surface area contributed by atoms with Crippen molar-refractivity contribution in [3.8, 4) is 0 Å². The molecule has 1 saturated heterocycles. The maximum Gasteiger partial charge on any atom is 0.191 e.